The van der Waals surface area contributed by atoms with E-state index in [0.29, 0.717) is 11.3 Å². The number of hydrogen-bond acceptors (Lipinski definition) is 5. The summed E-state index contributed by atoms with van der Waals surface area (Å²) in [6.45, 7) is 0. The van der Waals surface area contributed by atoms with Crippen LogP contribution in [0.1, 0.15) is 22.8 Å². The fourth-order valence-corrected chi connectivity index (χ4v) is 3.02. The molecule has 4 aromatic rings. The van der Waals surface area contributed by atoms with Gasteiger partial charge >= 0.3 is 12.1 Å². The van der Waals surface area contributed by atoms with Gasteiger partial charge in [0.2, 0.25) is 0 Å². The van der Waals surface area contributed by atoms with Crippen LogP contribution in [0.2, 0.25) is 0 Å². The van der Waals surface area contributed by atoms with Gasteiger partial charge in [-0.1, -0.05) is 12.1 Å². The number of nitriles is 1. The van der Waals surface area contributed by atoms with Crippen molar-refractivity contribution in [2.45, 2.75) is 12.3 Å². The van der Waals surface area contributed by atoms with Gasteiger partial charge in [0.15, 0.2) is 6.10 Å². The second-order valence-electron chi connectivity index (χ2n) is 6.31. The predicted molar refractivity (Wildman–Crippen MR) is 98.4 cm³/mol. The molecule has 0 bridgehead atoms. The maximum absolute atomic E-state index is 12.8. The number of carbonyl (C=O) groups excluding carboxylic acids is 1. The van der Waals surface area contributed by atoms with Gasteiger partial charge in [-0.25, -0.2) is 14.5 Å². The van der Waals surface area contributed by atoms with Crippen molar-refractivity contribution in [3.05, 3.63) is 77.9 Å². The van der Waals surface area contributed by atoms with Crippen LogP contribution in [-0.4, -0.2) is 31.9 Å². The number of pyridine rings is 1. The molecule has 3 heterocycles. The summed E-state index contributed by atoms with van der Waals surface area (Å²) in [5.74, 6) is -2.33. The number of nitrogens with one attached hydrogen (secondary N) is 1. The zero-order valence-electron chi connectivity index (χ0n) is 15.1. The van der Waals surface area contributed by atoms with Crippen molar-refractivity contribution in [1.29, 1.82) is 5.26 Å². The second-order valence-corrected chi connectivity index (χ2v) is 6.31. The quantitative estimate of drug-likeness (QED) is 0.515. The van der Waals surface area contributed by atoms with Crippen LogP contribution in [0.5, 0.6) is 0 Å². The van der Waals surface area contributed by atoms with Gasteiger partial charge in [-0.3, -0.25) is 0 Å². The van der Waals surface area contributed by atoms with Crippen molar-refractivity contribution in [3.8, 4) is 11.8 Å². The van der Waals surface area contributed by atoms with Crippen LogP contribution in [0.25, 0.3) is 16.7 Å². The molecular weight excluding hydrogens is 399 g/mol. The number of aromatic nitrogens is 4. The van der Waals surface area contributed by atoms with Crippen LogP contribution in [0.4, 0.5) is 13.2 Å². The number of benzene rings is 1. The van der Waals surface area contributed by atoms with Gasteiger partial charge in [-0.05, 0) is 29.8 Å². The van der Waals surface area contributed by atoms with E-state index >= 15 is 0 Å². The minimum absolute atomic E-state index is 0.211. The lowest BCUT2D eigenvalue weighted by molar-refractivity contribution is -0.203. The van der Waals surface area contributed by atoms with Gasteiger partial charge in [0.1, 0.15) is 5.65 Å². The average molecular weight is 411 g/mol. The Balaban J connectivity index is 1.77. The van der Waals surface area contributed by atoms with Gasteiger partial charge in [-0.2, -0.15) is 23.5 Å². The second kappa shape index (κ2) is 7.36. The highest BCUT2D eigenvalue weighted by atomic mass is 19.4. The van der Waals surface area contributed by atoms with E-state index in [4.69, 9.17) is 10.00 Å². The highest BCUT2D eigenvalue weighted by Gasteiger charge is 2.43. The summed E-state index contributed by atoms with van der Waals surface area (Å²) in [5.41, 5.74) is 1.90. The molecule has 7 nitrogen and oxygen atoms in total. The van der Waals surface area contributed by atoms with E-state index in [0.717, 1.165) is 5.39 Å². The van der Waals surface area contributed by atoms with Crippen molar-refractivity contribution >= 4 is 17.0 Å². The monoisotopic (exact) mass is 411 g/mol. The Morgan fingerprint density at radius 3 is 2.83 bits per heavy atom. The Hall–Kier alpha value is -4.13. The highest BCUT2D eigenvalue weighted by Crippen LogP contribution is 2.31. The topological polar surface area (TPSA) is 96.6 Å². The Morgan fingerprint density at radius 1 is 1.23 bits per heavy atom. The normalized spacial score (nSPS) is 12.5. The van der Waals surface area contributed by atoms with E-state index < -0.39 is 18.2 Å². The number of esters is 1. The maximum atomic E-state index is 12.8. The number of nitrogens with zero attached hydrogens (tertiary/aromatic N) is 4. The van der Waals surface area contributed by atoms with E-state index in [1.165, 1.54) is 41.3 Å². The molecule has 0 amide bonds. The Kier molecular flexibility index (Phi) is 4.71. The van der Waals surface area contributed by atoms with E-state index in [1.54, 1.807) is 24.5 Å². The number of alkyl halides is 3. The summed E-state index contributed by atoms with van der Waals surface area (Å²) in [4.78, 5) is 18.7. The minimum Gasteiger partial charge on any atom is -0.446 e. The van der Waals surface area contributed by atoms with Crippen LogP contribution in [-0.2, 0) is 9.53 Å². The Morgan fingerprint density at radius 2 is 2.07 bits per heavy atom. The molecule has 0 radical (unpaired) electrons. The largest absolute Gasteiger partial charge is 0.490 e. The van der Waals surface area contributed by atoms with Gasteiger partial charge in [0.05, 0.1) is 23.5 Å². The number of aromatic amines is 1. The van der Waals surface area contributed by atoms with Crippen molar-refractivity contribution in [3.63, 3.8) is 0 Å². The fraction of sp³-hybridized carbons (Fsp3) is 0.100. The molecule has 0 saturated heterocycles. The number of rotatable bonds is 4. The molecule has 0 spiro atoms. The lowest BCUT2D eigenvalue weighted by Gasteiger charge is -2.18. The molecule has 0 aliphatic rings. The van der Waals surface area contributed by atoms with Crippen LogP contribution < -0.4 is 0 Å². The third-order valence-electron chi connectivity index (χ3n) is 4.36. The maximum Gasteiger partial charge on any atom is 0.490 e. The predicted octanol–water partition coefficient (Wildman–Crippen LogP) is 3.82. The summed E-state index contributed by atoms with van der Waals surface area (Å²) >= 11 is 0. The highest BCUT2D eigenvalue weighted by molar-refractivity contribution is 5.84. The van der Waals surface area contributed by atoms with Crippen LogP contribution in [0, 0.1) is 11.3 Å². The molecule has 30 heavy (non-hydrogen) atoms. The summed E-state index contributed by atoms with van der Waals surface area (Å²) in [6.07, 6.45) is -0.519. The number of ether oxygens (including phenoxy) is 1. The van der Waals surface area contributed by atoms with E-state index in [1.807, 2.05) is 6.07 Å². The van der Waals surface area contributed by atoms with E-state index in [-0.39, 0.29) is 16.7 Å². The lowest BCUT2D eigenvalue weighted by Crippen LogP contribution is -2.27. The Labute approximate surface area is 167 Å². The minimum atomic E-state index is -5.16. The fourth-order valence-electron chi connectivity index (χ4n) is 3.02. The molecule has 0 aliphatic heterocycles. The summed E-state index contributed by atoms with van der Waals surface area (Å²) in [6, 6.07) is 11.2. The van der Waals surface area contributed by atoms with Crippen molar-refractivity contribution in [2.24, 2.45) is 0 Å². The number of halogens is 3. The first kappa shape index (κ1) is 19.2. The molecule has 1 N–H and O–H groups in total. The number of fused-ring (bicyclic) bond motifs is 1. The van der Waals surface area contributed by atoms with Crippen molar-refractivity contribution < 1.29 is 22.7 Å². The van der Waals surface area contributed by atoms with Crippen LogP contribution in [0.15, 0.2) is 61.2 Å². The third kappa shape index (κ3) is 3.60. The van der Waals surface area contributed by atoms with Gasteiger partial charge in [0, 0.05) is 29.5 Å². The first-order valence-electron chi connectivity index (χ1n) is 8.62. The van der Waals surface area contributed by atoms with Crippen molar-refractivity contribution in [2.75, 3.05) is 0 Å². The SMILES string of the molecule is N#Cc1cccc(C(OC(=O)C(F)(F)F)c2cnn(-c3ccnc4[nH]ccc34)c2)c1. The molecule has 4 rings (SSSR count). The van der Waals surface area contributed by atoms with Crippen molar-refractivity contribution in [1.82, 2.24) is 19.7 Å². The molecular formula is C20H12F3N5O2. The molecule has 3 aromatic heterocycles. The first-order valence-corrected chi connectivity index (χ1v) is 8.62. The van der Waals surface area contributed by atoms with Gasteiger partial charge < -0.3 is 9.72 Å². The molecule has 150 valence electrons. The molecule has 0 aliphatic carbocycles. The van der Waals surface area contributed by atoms with Crippen LogP contribution in [0.3, 0.4) is 0 Å². The van der Waals surface area contributed by atoms with Gasteiger partial charge in [0.25, 0.3) is 0 Å². The first-order chi connectivity index (χ1) is 14.4. The van der Waals surface area contributed by atoms with E-state index in [2.05, 4.69) is 15.1 Å². The molecule has 1 aromatic carbocycles. The van der Waals surface area contributed by atoms with E-state index in [9.17, 15) is 18.0 Å². The molecule has 0 fully saturated rings. The molecule has 1 unspecified atom stereocenters. The van der Waals surface area contributed by atoms with Gasteiger partial charge in [-0.15, -0.1) is 0 Å². The number of H-pyrrole nitrogens is 1. The molecule has 0 saturated carbocycles. The number of carbonyl (C=O) groups is 1. The van der Waals surface area contributed by atoms with Crippen LogP contribution >= 0.6 is 0 Å². The zero-order valence-corrected chi connectivity index (χ0v) is 15.1. The summed E-state index contributed by atoms with van der Waals surface area (Å²) in [7, 11) is 0. The lowest BCUT2D eigenvalue weighted by atomic mass is 10.0. The summed E-state index contributed by atoms with van der Waals surface area (Å²) < 4.78 is 44.7. The smallest absolute Gasteiger partial charge is 0.446 e. The number of hydrogen-bond donors (Lipinski definition) is 1. The average Bonchev–Trinajstić information content (AvgIpc) is 3.40. The zero-order chi connectivity index (χ0) is 21.3. The Bertz CT molecular complexity index is 1270. The molecule has 10 heteroatoms. The summed E-state index contributed by atoms with van der Waals surface area (Å²) in [5, 5.41) is 14.1. The molecule has 1 atom stereocenters. The third-order valence-corrected chi connectivity index (χ3v) is 4.36. The standard InChI is InChI=1S/C20H12F3N5O2/c21-20(22,23)19(29)30-17(13-3-1-2-12(8-13)9-24)14-10-27-28(11-14)16-5-7-26-18-15(16)4-6-25-18/h1-8,10-11,17H,(H,25,26).